The minimum atomic E-state index is -0.0936. The molecular formula is C21H26N2O3S. The molecule has 144 valence electrons. The number of rotatable bonds is 7. The highest BCUT2D eigenvalue weighted by molar-refractivity contribution is 8.00. The van der Waals surface area contributed by atoms with Crippen LogP contribution in [0.25, 0.3) is 0 Å². The van der Waals surface area contributed by atoms with Crippen LogP contribution in [0.1, 0.15) is 41.5 Å². The maximum absolute atomic E-state index is 12.7. The number of anilines is 1. The molecule has 1 atom stereocenters. The first kappa shape index (κ1) is 19.7. The molecule has 1 fully saturated rings. The van der Waals surface area contributed by atoms with E-state index in [-0.39, 0.29) is 17.8 Å². The van der Waals surface area contributed by atoms with Crippen LogP contribution >= 0.6 is 11.8 Å². The molecule has 5 nitrogen and oxygen atoms in total. The van der Waals surface area contributed by atoms with Crippen LogP contribution in [0.3, 0.4) is 0 Å². The maximum Gasteiger partial charge on any atom is 0.221 e. The van der Waals surface area contributed by atoms with E-state index in [2.05, 4.69) is 9.88 Å². The number of ketones is 1. The Morgan fingerprint density at radius 2 is 2.00 bits per heavy atom. The lowest BCUT2D eigenvalue weighted by Gasteiger charge is -2.14. The topological polar surface area (TPSA) is 60.3 Å². The number of thioether (sulfide) groups is 1. The molecule has 1 saturated heterocycles. The molecule has 0 unspecified atom stereocenters. The van der Waals surface area contributed by atoms with Gasteiger partial charge in [0.2, 0.25) is 5.91 Å². The molecule has 1 aromatic carbocycles. The van der Waals surface area contributed by atoms with Gasteiger partial charge in [-0.3, -0.25) is 9.59 Å². The molecule has 1 aliphatic rings. The minimum absolute atomic E-state index is 0.0936. The molecule has 1 aromatic heterocycles. The third kappa shape index (κ3) is 5.02. The van der Waals surface area contributed by atoms with Gasteiger partial charge in [0.25, 0.3) is 0 Å². The molecule has 2 aromatic rings. The summed E-state index contributed by atoms with van der Waals surface area (Å²) in [5, 5.41) is 2.74. The lowest BCUT2D eigenvalue weighted by molar-refractivity contribution is -0.114. The van der Waals surface area contributed by atoms with Crippen molar-refractivity contribution in [2.75, 3.05) is 17.7 Å². The Kier molecular flexibility index (Phi) is 6.39. The number of nitrogens with zero attached hydrogens (tertiary/aromatic N) is 1. The zero-order chi connectivity index (χ0) is 19.4. The Hall–Kier alpha value is -2.05. The van der Waals surface area contributed by atoms with E-state index in [0.29, 0.717) is 5.75 Å². The van der Waals surface area contributed by atoms with Crippen molar-refractivity contribution in [1.82, 2.24) is 4.57 Å². The molecular weight excluding hydrogens is 360 g/mol. The quantitative estimate of drug-likeness (QED) is 0.572. The van der Waals surface area contributed by atoms with Crippen molar-refractivity contribution in [3.63, 3.8) is 0 Å². The highest BCUT2D eigenvalue weighted by Gasteiger charge is 2.21. The Balaban J connectivity index is 1.61. The van der Waals surface area contributed by atoms with Crippen LogP contribution in [0.4, 0.5) is 5.69 Å². The summed E-state index contributed by atoms with van der Waals surface area (Å²) in [7, 11) is 0. The van der Waals surface area contributed by atoms with Gasteiger partial charge in [0.15, 0.2) is 5.78 Å². The number of Topliss-reactive ketones (excluding diaryl/α,β-unsaturated/α-hetero) is 1. The van der Waals surface area contributed by atoms with Crippen LogP contribution in [0.2, 0.25) is 0 Å². The molecule has 0 bridgehead atoms. The van der Waals surface area contributed by atoms with Gasteiger partial charge in [0, 0.05) is 47.6 Å². The molecule has 0 saturated carbocycles. The summed E-state index contributed by atoms with van der Waals surface area (Å²) in [6.07, 6.45) is 2.46. The number of hydrogen-bond acceptors (Lipinski definition) is 4. The molecule has 3 rings (SSSR count). The van der Waals surface area contributed by atoms with Gasteiger partial charge in [-0.05, 0) is 57.0 Å². The van der Waals surface area contributed by atoms with Crippen molar-refractivity contribution in [3.8, 4) is 0 Å². The summed E-state index contributed by atoms with van der Waals surface area (Å²) >= 11 is 1.51. The second-order valence-electron chi connectivity index (χ2n) is 6.95. The number of aromatic nitrogens is 1. The number of carbonyl (C=O) groups is 2. The second-order valence-corrected chi connectivity index (χ2v) is 8.00. The fraction of sp³-hybridized carbons (Fsp3) is 0.429. The van der Waals surface area contributed by atoms with Crippen LogP contribution in [-0.4, -0.2) is 34.7 Å². The number of nitrogens with one attached hydrogen (secondary N) is 1. The van der Waals surface area contributed by atoms with E-state index in [0.717, 1.165) is 53.5 Å². The molecule has 6 heteroatoms. The van der Waals surface area contributed by atoms with Crippen LogP contribution in [0, 0.1) is 13.8 Å². The van der Waals surface area contributed by atoms with Gasteiger partial charge in [-0.1, -0.05) is 0 Å². The average Bonchev–Trinajstić information content (AvgIpc) is 3.24. The fourth-order valence-electron chi connectivity index (χ4n) is 3.42. The fourth-order valence-corrected chi connectivity index (χ4v) is 4.20. The summed E-state index contributed by atoms with van der Waals surface area (Å²) in [5.41, 5.74) is 3.69. The molecule has 27 heavy (non-hydrogen) atoms. The largest absolute Gasteiger partial charge is 0.376 e. The summed E-state index contributed by atoms with van der Waals surface area (Å²) in [6.45, 7) is 7.21. The van der Waals surface area contributed by atoms with Gasteiger partial charge in [-0.25, -0.2) is 0 Å². The van der Waals surface area contributed by atoms with E-state index in [4.69, 9.17) is 4.74 Å². The zero-order valence-electron chi connectivity index (χ0n) is 16.1. The normalized spacial score (nSPS) is 16.5. The molecule has 2 heterocycles. The smallest absolute Gasteiger partial charge is 0.221 e. The number of aryl methyl sites for hydroxylation is 1. The first-order valence-electron chi connectivity index (χ1n) is 9.26. The first-order valence-corrected chi connectivity index (χ1v) is 10.2. The van der Waals surface area contributed by atoms with Crippen LogP contribution in [0.15, 0.2) is 35.2 Å². The van der Waals surface area contributed by atoms with E-state index in [1.54, 1.807) is 0 Å². The summed E-state index contributed by atoms with van der Waals surface area (Å²) in [4.78, 5) is 24.8. The van der Waals surface area contributed by atoms with E-state index in [1.807, 2.05) is 44.2 Å². The summed E-state index contributed by atoms with van der Waals surface area (Å²) in [6, 6.07) is 9.53. The lowest BCUT2D eigenvalue weighted by atomic mass is 10.2. The monoisotopic (exact) mass is 386 g/mol. The molecule has 0 spiro atoms. The van der Waals surface area contributed by atoms with Crippen molar-refractivity contribution >= 4 is 29.1 Å². The minimum Gasteiger partial charge on any atom is -0.376 e. The molecule has 0 aliphatic carbocycles. The average molecular weight is 387 g/mol. The van der Waals surface area contributed by atoms with Crippen LogP contribution in [0.5, 0.6) is 0 Å². The standard InChI is InChI=1S/C21H26N2O3S/c1-14-11-20(15(2)23(14)12-18-5-4-10-26-18)21(25)13-27-19-8-6-17(7-9-19)22-16(3)24/h6-9,11,18H,4-5,10,12-13H2,1-3H3,(H,22,24)/t18-/m1/s1. The van der Waals surface area contributed by atoms with Crippen LogP contribution in [-0.2, 0) is 16.1 Å². The van der Waals surface area contributed by atoms with Gasteiger partial charge in [0.1, 0.15) is 0 Å². The summed E-state index contributed by atoms with van der Waals surface area (Å²) in [5.74, 6) is 0.436. The van der Waals surface area contributed by atoms with E-state index in [1.165, 1.54) is 18.7 Å². The highest BCUT2D eigenvalue weighted by Crippen LogP contribution is 2.24. The van der Waals surface area contributed by atoms with E-state index >= 15 is 0 Å². The molecule has 1 amide bonds. The lowest BCUT2D eigenvalue weighted by Crippen LogP contribution is -2.17. The third-order valence-electron chi connectivity index (χ3n) is 4.83. The second kappa shape index (κ2) is 8.76. The number of amides is 1. The van der Waals surface area contributed by atoms with Crippen molar-refractivity contribution in [1.29, 1.82) is 0 Å². The van der Waals surface area contributed by atoms with Crippen molar-refractivity contribution in [3.05, 3.63) is 47.3 Å². The highest BCUT2D eigenvalue weighted by atomic mass is 32.2. The van der Waals surface area contributed by atoms with Gasteiger partial charge in [-0.2, -0.15) is 0 Å². The predicted molar refractivity (Wildman–Crippen MR) is 109 cm³/mol. The predicted octanol–water partition coefficient (Wildman–Crippen LogP) is 4.22. The third-order valence-corrected chi connectivity index (χ3v) is 5.84. The van der Waals surface area contributed by atoms with Crippen molar-refractivity contribution < 1.29 is 14.3 Å². The number of carbonyl (C=O) groups excluding carboxylic acids is 2. The molecule has 1 aliphatic heterocycles. The van der Waals surface area contributed by atoms with Crippen molar-refractivity contribution in [2.24, 2.45) is 0 Å². The number of hydrogen-bond donors (Lipinski definition) is 1. The van der Waals surface area contributed by atoms with Gasteiger partial charge >= 0.3 is 0 Å². The first-order chi connectivity index (χ1) is 12.9. The zero-order valence-corrected chi connectivity index (χ0v) is 16.9. The van der Waals surface area contributed by atoms with E-state index in [9.17, 15) is 9.59 Å². The number of ether oxygens (including phenoxy) is 1. The van der Waals surface area contributed by atoms with Gasteiger partial charge in [0.05, 0.1) is 11.9 Å². The Labute approximate surface area is 164 Å². The maximum atomic E-state index is 12.7. The summed E-state index contributed by atoms with van der Waals surface area (Å²) < 4.78 is 7.94. The SMILES string of the molecule is CC(=O)Nc1ccc(SCC(=O)c2cc(C)n(C[C@H]3CCCO3)c2C)cc1. The molecule has 1 N–H and O–H groups in total. The number of benzene rings is 1. The Bertz CT molecular complexity index is 821. The molecule has 0 radical (unpaired) electrons. The Morgan fingerprint density at radius 3 is 2.63 bits per heavy atom. The van der Waals surface area contributed by atoms with Crippen LogP contribution < -0.4 is 5.32 Å². The Morgan fingerprint density at radius 1 is 1.26 bits per heavy atom. The van der Waals surface area contributed by atoms with Gasteiger partial charge < -0.3 is 14.6 Å². The van der Waals surface area contributed by atoms with Crippen molar-refractivity contribution in [2.45, 2.75) is 51.2 Å². The van der Waals surface area contributed by atoms with E-state index < -0.39 is 0 Å². The van der Waals surface area contributed by atoms with Gasteiger partial charge in [-0.15, -0.1) is 11.8 Å².